The topological polar surface area (TPSA) is 32.7 Å². The third-order valence-corrected chi connectivity index (χ3v) is 3.72. The smallest absolute Gasteiger partial charge is 0.0788 e. The first-order valence-corrected chi connectivity index (χ1v) is 6.12. The highest BCUT2D eigenvalue weighted by Gasteiger charge is 2.44. The molecule has 3 heteroatoms. The Morgan fingerprint density at radius 3 is 2.50 bits per heavy atom. The average Bonchev–Trinajstić information content (AvgIpc) is 2.21. The lowest BCUT2D eigenvalue weighted by Crippen LogP contribution is -2.60. The second-order valence-corrected chi connectivity index (χ2v) is 5.03. The number of hydrogen-bond donors (Lipinski definition) is 1. The van der Waals surface area contributed by atoms with Crippen LogP contribution in [0, 0.1) is 11.8 Å². The first kappa shape index (κ1) is 11.9. The van der Waals surface area contributed by atoms with Gasteiger partial charge >= 0.3 is 0 Å². The Bertz CT molecular complexity index is 291. The van der Waals surface area contributed by atoms with Gasteiger partial charge in [0.05, 0.1) is 18.8 Å². The minimum atomic E-state index is -0.589. The molecule has 2 unspecified atom stereocenters. The molecule has 0 radical (unpaired) electrons. The van der Waals surface area contributed by atoms with Gasteiger partial charge in [0.25, 0.3) is 0 Å². The summed E-state index contributed by atoms with van der Waals surface area (Å²) in [7, 11) is 2.13. The Hall–Kier alpha value is -0.560. The van der Waals surface area contributed by atoms with E-state index in [0.717, 1.165) is 32.5 Å². The average molecular weight is 223 g/mol. The predicted octanol–water partition coefficient (Wildman–Crippen LogP) is 1.01. The summed E-state index contributed by atoms with van der Waals surface area (Å²) in [5.41, 5.74) is -0.589. The van der Waals surface area contributed by atoms with Crippen LogP contribution in [0.5, 0.6) is 0 Å². The Labute approximate surface area is 97.8 Å². The number of ether oxygens (including phenoxy) is 1. The molecule has 0 aliphatic carbocycles. The highest BCUT2D eigenvalue weighted by molar-refractivity contribution is 5.07. The molecule has 2 fully saturated rings. The molecule has 90 valence electrons. The van der Waals surface area contributed by atoms with E-state index in [-0.39, 0.29) is 0 Å². The summed E-state index contributed by atoms with van der Waals surface area (Å²) in [6, 6.07) is 0.724. The molecule has 0 aromatic carbocycles. The molecule has 1 N–H and O–H groups in total. The van der Waals surface area contributed by atoms with Crippen LogP contribution >= 0.6 is 0 Å². The molecule has 0 saturated carbocycles. The molecule has 2 heterocycles. The first-order valence-electron chi connectivity index (χ1n) is 6.12. The van der Waals surface area contributed by atoms with Crippen LogP contribution in [0.1, 0.15) is 32.6 Å². The number of aliphatic hydroxyl groups is 1. The third-order valence-electron chi connectivity index (χ3n) is 3.72. The van der Waals surface area contributed by atoms with Crippen molar-refractivity contribution < 1.29 is 9.84 Å². The fraction of sp³-hybridized carbons (Fsp3) is 0.846. The number of rotatable bonds is 1. The molecule has 0 spiro atoms. The second kappa shape index (κ2) is 4.75. The zero-order chi connectivity index (χ0) is 11.6. The van der Waals surface area contributed by atoms with Crippen LogP contribution in [0.25, 0.3) is 0 Å². The van der Waals surface area contributed by atoms with Gasteiger partial charge < -0.3 is 9.84 Å². The fourth-order valence-corrected chi connectivity index (χ4v) is 2.74. The second-order valence-electron chi connectivity index (χ2n) is 5.03. The van der Waals surface area contributed by atoms with Gasteiger partial charge in [-0.2, -0.15) is 0 Å². The molecular formula is C13H21NO2. The van der Waals surface area contributed by atoms with Crippen molar-refractivity contribution in [3.8, 4) is 11.8 Å². The number of likely N-dealkylation sites (N-methyl/N-ethyl adjacent to an activating group) is 1. The van der Waals surface area contributed by atoms with Gasteiger partial charge in [-0.25, -0.2) is 0 Å². The summed E-state index contributed by atoms with van der Waals surface area (Å²) in [4.78, 5) is 2.35. The third kappa shape index (κ3) is 2.40. The predicted molar refractivity (Wildman–Crippen MR) is 63.0 cm³/mol. The zero-order valence-electron chi connectivity index (χ0n) is 10.2. The van der Waals surface area contributed by atoms with Crippen LogP contribution in [-0.2, 0) is 4.74 Å². The summed E-state index contributed by atoms with van der Waals surface area (Å²) in [5.74, 6) is 6.13. The highest BCUT2D eigenvalue weighted by atomic mass is 16.5. The van der Waals surface area contributed by atoms with Gasteiger partial charge in [0, 0.05) is 24.9 Å². The molecule has 2 bridgehead atoms. The number of hydrogen-bond acceptors (Lipinski definition) is 3. The van der Waals surface area contributed by atoms with Crippen LogP contribution in [0.4, 0.5) is 0 Å². The minimum Gasteiger partial charge on any atom is -0.389 e. The van der Waals surface area contributed by atoms with Crippen LogP contribution in [0.3, 0.4) is 0 Å². The first-order chi connectivity index (χ1) is 7.64. The van der Waals surface area contributed by atoms with Crippen molar-refractivity contribution in [2.24, 2.45) is 0 Å². The van der Waals surface area contributed by atoms with Crippen LogP contribution in [-0.4, -0.2) is 48.0 Å². The van der Waals surface area contributed by atoms with E-state index in [9.17, 15) is 5.11 Å². The van der Waals surface area contributed by atoms with Crippen molar-refractivity contribution >= 4 is 0 Å². The monoisotopic (exact) mass is 223 g/mol. The minimum absolute atomic E-state index is 0.362. The van der Waals surface area contributed by atoms with Gasteiger partial charge in [-0.1, -0.05) is 6.92 Å². The van der Waals surface area contributed by atoms with Gasteiger partial charge in [0.1, 0.15) is 0 Å². The summed E-state index contributed by atoms with van der Waals surface area (Å²) >= 11 is 0. The van der Waals surface area contributed by atoms with Crippen LogP contribution in [0.15, 0.2) is 0 Å². The SMILES string of the molecule is CCC#CCC1(O)CC2COCC(C1)N2C. The van der Waals surface area contributed by atoms with E-state index in [2.05, 4.69) is 23.8 Å². The van der Waals surface area contributed by atoms with Crippen molar-refractivity contribution in [1.29, 1.82) is 0 Å². The van der Waals surface area contributed by atoms with Crippen LogP contribution < -0.4 is 0 Å². The van der Waals surface area contributed by atoms with Gasteiger partial charge in [-0.3, -0.25) is 4.90 Å². The molecule has 0 aromatic heterocycles. The molecule has 0 aromatic rings. The summed E-state index contributed by atoms with van der Waals surface area (Å²) in [6.07, 6.45) is 3.06. The molecule has 2 aliphatic rings. The lowest BCUT2D eigenvalue weighted by molar-refractivity contribution is -0.132. The lowest BCUT2D eigenvalue weighted by atomic mass is 9.79. The van der Waals surface area contributed by atoms with E-state index < -0.39 is 5.60 Å². The maximum atomic E-state index is 10.5. The summed E-state index contributed by atoms with van der Waals surface area (Å²) < 4.78 is 5.54. The van der Waals surface area contributed by atoms with Crippen molar-refractivity contribution in [1.82, 2.24) is 4.90 Å². The fourth-order valence-electron chi connectivity index (χ4n) is 2.74. The van der Waals surface area contributed by atoms with Gasteiger partial charge in [0.2, 0.25) is 0 Å². The van der Waals surface area contributed by atoms with E-state index in [1.165, 1.54) is 0 Å². The Morgan fingerprint density at radius 1 is 1.31 bits per heavy atom. The quantitative estimate of drug-likeness (QED) is 0.674. The molecular weight excluding hydrogens is 202 g/mol. The van der Waals surface area contributed by atoms with Crippen molar-refractivity contribution in [3.05, 3.63) is 0 Å². The highest BCUT2D eigenvalue weighted by Crippen LogP contribution is 2.35. The van der Waals surface area contributed by atoms with E-state index in [0.29, 0.717) is 18.5 Å². The lowest BCUT2D eigenvalue weighted by Gasteiger charge is -2.49. The molecule has 2 saturated heterocycles. The van der Waals surface area contributed by atoms with Crippen molar-refractivity contribution in [2.45, 2.75) is 50.3 Å². The van der Waals surface area contributed by atoms with Gasteiger partial charge in [-0.15, -0.1) is 11.8 Å². The maximum absolute atomic E-state index is 10.5. The molecule has 0 amide bonds. The largest absolute Gasteiger partial charge is 0.389 e. The molecule has 3 nitrogen and oxygen atoms in total. The summed E-state index contributed by atoms with van der Waals surface area (Å²) in [5, 5.41) is 10.5. The standard InChI is InChI=1S/C13H21NO2/c1-3-4-5-6-13(15)7-11-9-16-10-12(8-13)14(11)2/h11-12,15H,3,6-10H2,1-2H3. The number of nitrogens with zero attached hydrogens (tertiary/aromatic N) is 1. The Morgan fingerprint density at radius 2 is 1.94 bits per heavy atom. The van der Waals surface area contributed by atoms with E-state index >= 15 is 0 Å². The van der Waals surface area contributed by atoms with Gasteiger partial charge in [0.15, 0.2) is 0 Å². The number of piperidine rings is 1. The maximum Gasteiger partial charge on any atom is 0.0788 e. The van der Waals surface area contributed by atoms with E-state index in [1.54, 1.807) is 0 Å². The van der Waals surface area contributed by atoms with E-state index in [4.69, 9.17) is 4.74 Å². The van der Waals surface area contributed by atoms with Gasteiger partial charge in [-0.05, 0) is 19.9 Å². The van der Waals surface area contributed by atoms with E-state index in [1.807, 2.05) is 6.92 Å². The molecule has 16 heavy (non-hydrogen) atoms. The van der Waals surface area contributed by atoms with Crippen molar-refractivity contribution in [3.63, 3.8) is 0 Å². The molecule has 2 rings (SSSR count). The summed E-state index contributed by atoms with van der Waals surface area (Å²) in [6.45, 7) is 3.53. The van der Waals surface area contributed by atoms with Crippen molar-refractivity contribution in [2.75, 3.05) is 20.3 Å². The van der Waals surface area contributed by atoms with Crippen LogP contribution in [0.2, 0.25) is 0 Å². The molecule has 2 aliphatic heterocycles. The normalized spacial score (nSPS) is 38.9. The Balaban J connectivity index is 2.02. The number of morpholine rings is 1. The Kier molecular flexibility index (Phi) is 3.53. The zero-order valence-corrected chi connectivity index (χ0v) is 10.2. The number of fused-ring (bicyclic) bond motifs is 2. The molecule has 2 atom stereocenters.